The lowest BCUT2D eigenvalue weighted by Crippen LogP contribution is -1.87. The summed E-state index contributed by atoms with van der Waals surface area (Å²) in [7, 11) is 0. The fraction of sp³-hybridized carbons (Fsp3) is 0. The zero-order valence-corrected chi connectivity index (χ0v) is 36.4. The second-order valence-electron chi connectivity index (χ2n) is 13.7. The first-order valence-electron chi connectivity index (χ1n) is 19.4. The molecule has 0 fully saturated rings. The molecule has 8 bridgehead atoms. The van der Waals surface area contributed by atoms with E-state index >= 15 is 0 Å². The number of rotatable bonds is 8. The molecule has 1 aliphatic heterocycles. The van der Waals surface area contributed by atoms with Crippen molar-refractivity contribution in [2.45, 2.75) is 39.2 Å². The van der Waals surface area contributed by atoms with Gasteiger partial charge in [0, 0.05) is 0 Å². The zero-order chi connectivity index (χ0) is 43.8. The summed E-state index contributed by atoms with van der Waals surface area (Å²) in [5.74, 6) is -0.530. The summed E-state index contributed by atoms with van der Waals surface area (Å²) in [5, 5.41) is 84.0. The van der Waals surface area contributed by atoms with Crippen LogP contribution in [0.5, 0.6) is 23.0 Å². The third-order valence-corrected chi connectivity index (χ3v) is 13.4. The Bertz CT molecular complexity index is 2590. The van der Waals surface area contributed by atoms with Gasteiger partial charge in [0.1, 0.15) is 23.0 Å². The van der Waals surface area contributed by atoms with E-state index in [1.54, 1.807) is 48.5 Å². The van der Waals surface area contributed by atoms with Crippen molar-refractivity contribution in [2.75, 3.05) is 0 Å². The molecule has 12 nitrogen and oxygen atoms in total. The highest BCUT2D eigenvalue weighted by Crippen LogP contribution is 2.55. The van der Waals surface area contributed by atoms with Gasteiger partial charge in [0.2, 0.25) is 0 Å². The third-order valence-electron chi connectivity index (χ3n) is 9.13. The maximum absolute atomic E-state index is 12.0. The molecule has 0 radical (unpaired) electrons. The van der Waals surface area contributed by atoms with Crippen molar-refractivity contribution in [1.29, 1.82) is 0 Å². The van der Waals surface area contributed by atoms with Crippen LogP contribution in [0.2, 0.25) is 0 Å². The molecule has 1 heterocycles. The van der Waals surface area contributed by atoms with Crippen LogP contribution < -0.4 is 0 Å². The number of azo groups is 4. The van der Waals surface area contributed by atoms with E-state index in [0.29, 0.717) is 84.7 Å². The second-order valence-corrected chi connectivity index (χ2v) is 18.0. The molecule has 0 aliphatic carbocycles. The van der Waals surface area contributed by atoms with Gasteiger partial charge in [0.15, 0.2) is 0 Å². The van der Waals surface area contributed by atoms with Crippen LogP contribution in [0.25, 0.3) is 0 Å². The molecule has 64 heavy (non-hydrogen) atoms. The zero-order valence-electron chi connectivity index (χ0n) is 33.2. The molecule has 0 aromatic heterocycles. The van der Waals surface area contributed by atoms with Crippen LogP contribution in [0.4, 0.5) is 45.5 Å². The lowest BCUT2D eigenvalue weighted by atomic mass is 10.3. The molecule has 16 heteroatoms. The summed E-state index contributed by atoms with van der Waals surface area (Å²) in [5.41, 5.74) is 4.07. The van der Waals surface area contributed by atoms with Crippen molar-refractivity contribution in [3.8, 4) is 23.0 Å². The maximum Gasteiger partial charge on any atom is 0.143 e. The molecule has 1 aliphatic rings. The Labute approximate surface area is 383 Å². The molecule has 312 valence electrons. The minimum absolute atomic E-state index is 0.133. The van der Waals surface area contributed by atoms with Crippen LogP contribution in [0, 0.1) is 0 Å². The van der Waals surface area contributed by atoms with Crippen molar-refractivity contribution in [3.63, 3.8) is 0 Å². The Morgan fingerprint density at radius 2 is 0.375 bits per heavy atom. The van der Waals surface area contributed by atoms with Gasteiger partial charge < -0.3 is 20.4 Å². The third kappa shape index (κ3) is 10.2. The minimum atomic E-state index is -0.133. The van der Waals surface area contributed by atoms with Crippen LogP contribution in [-0.2, 0) is 0 Å². The van der Waals surface area contributed by atoms with Crippen LogP contribution in [0.15, 0.2) is 250 Å². The van der Waals surface area contributed by atoms with E-state index in [9.17, 15) is 20.4 Å². The summed E-state index contributed by atoms with van der Waals surface area (Å²) in [4.78, 5) is 2.59. The van der Waals surface area contributed by atoms with Gasteiger partial charge in [-0.05, 0) is 97.1 Å². The molecule has 9 rings (SSSR count). The standard InChI is InChI=1S/C48H32N8O4S4/c57-45-37-21-33(53-49-29-13-5-1-6-14-29)22-38(45)62-40-24-35(55-51-31-17-9-3-10-18-31)26-42(47(40)59)64-44-28-36(56-52-32-19-11-4-12-20-32)27-43(48(44)60)63-41-25-34(23-39(61-37)46(41)58)54-50-30-15-7-2-8-16-30/h1-28,57-60H. The number of hydrogen-bond acceptors (Lipinski definition) is 16. The van der Waals surface area contributed by atoms with Crippen LogP contribution >= 0.6 is 47.0 Å². The lowest BCUT2D eigenvalue weighted by Gasteiger charge is -2.17. The Morgan fingerprint density at radius 1 is 0.219 bits per heavy atom. The van der Waals surface area contributed by atoms with E-state index in [1.807, 2.05) is 121 Å². The van der Waals surface area contributed by atoms with Crippen LogP contribution in [0.3, 0.4) is 0 Å². The van der Waals surface area contributed by atoms with E-state index in [4.69, 9.17) is 0 Å². The predicted octanol–water partition coefficient (Wildman–Crippen LogP) is 17.1. The lowest BCUT2D eigenvalue weighted by molar-refractivity contribution is 0.444. The highest BCUT2D eigenvalue weighted by Gasteiger charge is 2.23. The van der Waals surface area contributed by atoms with Gasteiger partial charge in [0.25, 0.3) is 0 Å². The van der Waals surface area contributed by atoms with Gasteiger partial charge in [0.05, 0.1) is 84.7 Å². The molecule has 8 aromatic carbocycles. The Kier molecular flexibility index (Phi) is 12.8. The first-order chi connectivity index (χ1) is 31.3. The fourth-order valence-electron chi connectivity index (χ4n) is 6.04. The highest BCUT2D eigenvalue weighted by atomic mass is 32.2. The molecule has 0 saturated heterocycles. The molecule has 0 amide bonds. The maximum atomic E-state index is 12.0. The number of phenolic OH excluding ortho intramolecular Hbond substituents is 4. The normalized spacial score (nSPS) is 12.8. The van der Waals surface area contributed by atoms with Crippen molar-refractivity contribution < 1.29 is 20.4 Å². The van der Waals surface area contributed by atoms with Crippen molar-refractivity contribution >= 4 is 92.5 Å². The Balaban J connectivity index is 1.24. The van der Waals surface area contributed by atoms with Gasteiger partial charge in [-0.1, -0.05) is 120 Å². The minimum Gasteiger partial charge on any atom is -0.506 e. The van der Waals surface area contributed by atoms with E-state index in [0.717, 1.165) is 47.0 Å². The van der Waals surface area contributed by atoms with E-state index in [1.165, 1.54) is 0 Å². The number of aromatic hydroxyl groups is 4. The smallest absolute Gasteiger partial charge is 0.143 e. The van der Waals surface area contributed by atoms with Crippen molar-refractivity contribution in [2.24, 2.45) is 40.9 Å². The largest absolute Gasteiger partial charge is 0.506 e. The first kappa shape index (κ1) is 42.1. The number of hydrogen-bond donors (Lipinski definition) is 4. The topological polar surface area (TPSA) is 180 Å². The number of benzene rings is 8. The van der Waals surface area contributed by atoms with Crippen molar-refractivity contribution in [1.82, 2.24) is 0 Å². The van der Waals surface area contributed by atoms with E-state index < -0.39 is 0 Å². The summed E-state index contributed by atoms with van der Waals surface area (Å²) in [6, 6.07) is 50.2. The second kappa shape index (κ2) is 19.4. The van der Waals surface area contributed by atoms with Crippen LogP contribution in [-0.4, -0.2) is 20.4 Å². The average molecular weight is 913 g/mol. The molecule has 4 N–H and O–H groups in total. The van der Waals surface area contributed by atoms with E-state index in [-0.39, 0.29) is 23.0 Å². The van der Waals surface area contributed by atoms with Crippen LogP contribution in [0.1, 0.15) is 0 Å². The molecule has 0 atom stereocenters. The summed E-state index contributed by atoms with van der Waals surface area (Å²) in [6.45, 7) is 0. The first-order valence-corrected chi connectivity index (χ1v) is 22.6. The van der Waals surface area contributed by atoms with Crippen molar-refractivity contribution in [3.05, 3.63) is 170 Å². The number of fused-ring (bicyclic) bond motifs is 8. The fourth-order valence-corrected chi connectivity index (χ4v) is 10.3. The molecule has 8 aromatic rings. The summed E-state index contributed by atoms with van der Waals surface area (Å²) in [6.07, 6.45) is 0. The van der Waals surface area contributed by atoms with Gasteiger partial charge >= 0.3 is 0 Å². The summed E-state index contributed by atoms with van der Waals surface area (Å²) < 4.78 is 0. The van der Waals surface area contributed by atoms with Gasteiger partial charge in [-0.15, -0.1) is 0 Å². The highest BCUT2D eigenvalue weighted by molar-refractivity contribution is 8.01. The van der Waals surface area contributed by atoms with Gasteiger partial charge in [-0.3, -0.25) is 0 Å². The Morgan fingerprint density at radius 3 is 0.547 bits per heavy atom. The van der Waals surface area contributed by atoms with Gasteiger partial charge in [-0.25, -0.2) is 0 Å². The molecule has 0 unspecified atom stereocenters. The quantitative estimate of drug-likeness (QED) is 0.109. The number of nitrogens with zero attached hydrogens (tertiary/aromatic N) is 8. The molecular formula is C48H32N8O4S4. The monoisotopic (exact) mass is 912 g/mol. The molecule has 0 spiro atoms. The molecular weight excluding hydrogens is 881 g/mol. The average Bonchev–Trinajstić information content (AvgIpc) is 3.32. The van der Waals surface area contributed by atoms with E-state index in [2.05, 4.69) is 40.9 Å². The molecule has 0 saturated carbocycles. The van der Waals surface area contributed by atoms with Gasteiger partial charge in [-0.2, -0.15) is 40.9 Å². The SMILES string of the molecule is Oc1c2cc(N=Nc3ccccc3)cc1Sc1cc(N=Nc3ccccc3)cc(c1O)Sc1cc(N=Nc3ccccc3)cc(c1O)Sc1cc(N=Nc3ccccc3)cc(c1O)S2. The predicted molar refractivity (Wildman–Crippen MR) is 251 cm³/mol. The summed E-state index contributed by atoms with van der Waals surface area (Å²) >= 11 is 4.31. The number of phenols is 4. The Hall–Kier alpha value is -7.24.